The largest absolute Gasteiger partial charge is 0.484 e. The van der Waals surface area contributed by atoms with Gasteiger partial charge in [0.05, 0.1) is 17.6 Å². The first kappa shape index (κ1) is 23.8. The Morgan fingerprint density at radius 1 is 0.857 bits per heavy atom. The van der Waals surface area contributed by atoms with Gasteiger partial charge in [-0.05, 0) is 42.0 Å². The summed E-state index contributed by atoms with van der Waals surface area (Å²) >= 11 is 1.57. The molecule has 178 valence electrons. The van der Waals surface area contributed by atoms with E-state index >= 15 is 0 Å². The topological polar surface area (TPSA) is 125 Å². The molecular formula is C25H23N5O4S. The number of aromatic amines is 1. The van der Waals surface area contributed by atoms with E-state index in [2.05, 4.69) is 26.1 Å². The SMILES string of the molecule is O=C(COc1ccccc1)NCC(=O)NNC(=O)c1ccc(CSc2nc3ccccc3[nH]2)cc1. The van der Waals surface area contributed by atoms with E-state index < -0.39 is 17.7 Å². The molecule has 0 saturated carbocycles. The molecule has 0 aliphatic heterocycles. The fourth-order valence-electron chi connectivity index (χ4n) is 3.04. The van der Waals surface area contributed by atoms with Crippen molar-refractivity contribution < 1.29 is 19.1 Å². The number of hydrogen-bond acceptors (Lipinski definition) is 6. The van der Waals surface area contributed by atoms with Gasteiger partial charge in [0.1, 0.15) is 5.75 Å². The molecule has 10 heteroatoms. The molecule has 1 heterocycles. The maximum absolute atomic E-state index is 12.3. The van der Waals surface area contributed by atoms with Gasteiger partial charge in [0.25, 0.3) is 17.7 Å². The number of nitrogens with one attached hydrogen (secondary N) is 4. The highest BCUT2D eigenvalue weighted by Crippen LogP contribution is 2.23. The Hall–Kier alpha value is -4.31. The van der Waals surface area contributed by atoms with Gasteiger partial charge in [-0.1, -0.05) is 54.2 Å². The molecule has 3 aromatic carbocycles. The van der Waals surface area contributed by atoms with Gasteiger partial charge >= 0.3 is 0 Å². The molecule has 1 aromatic heterocycles. The summed E-state index contributed by atoms with van der Waals surface area (Å²) in [6.07, 6.45) is 0. The lowest BCUT2D eigenvalue weighted by atomic mass is 10.1. The van der Waals surface area contributed by atoms with E-state index in [4.69, 9.17) is 4.74 Å². The average molecular weight is 490 g/mol. The Labute approximate surface area is 205 Å². The molecule has 4 rings (SSSR count). The summed E-state index contributed by atoms with van der Waals surface area (Å²) < 4.78 is 5.30. The third kappa shape index (κ3) is 7.08. The van der Waals surface area contributed by atoms with Crippen LogP contribution in [0, 0.1) is 0 Å². The standard InChI is InChI=1S/C25H23N5O4S/c31-22(14-26-23(32)15-34-19-6-2-1-3-7-19)29-30-24(33)18-12-10-17(11-13-18)16-35-25-27-20-8-4-5-9-21(20)28-25/h1-13H,14-16H2,(H,26,32)(H,27,28)(H,29,31)(H,30,33). The van der Waals surface area contributed by atoms with Gasteiger partial charge in [-0.25, -0.2) is 4.98 Å². The number of hydrogen-bond donors (Lipinski definition) is 4. The molecule has 0 spiro atoms. The lowest BCUT2D eigenvalue weighted by molar-refractivity contribution is -0.127. The molecular weight excluding hydrogens is 466 g/mol. The third-order valence-corrected chi connectivity index (χ3v) is 5.78. The van der Waals surface area contributed by atoms with Crippen LogP contribution in [0.2, 0.25) is 0 Å². The van der Waals surface area contributed by atoms with Crippen molar-refractivity contribution in [2.75, 3.05) is 13.2 Å². The number of H-pyrrole nitrogens is 1. The van der Waals surface area contributed by atoms with Crippen LogP contribution in [0.1, 0.15) is 15.9 Å². The highest BCUT2D eigenvalue weighted by atomic mass is 32.2. The number of thioether (sulfide) groups is 1. The monoisotopic (exact) mass is 489 g/mol. The van der Waals surface area contributed by atoms with E-state index in [1.807, 2.05) is 42.5 Å². The summed E-state index contributed by atoms with van der Waals surface area (Å²) in [5.74, 6) is -0.240. The fraction of sp³-hybridized carbons (Fsp3) is 0.120. The zero-order valence-corrected chi connectivity index (χ0v) is 19.4. The molecule has 0 bridgehead atoms. The molecule has 35 heavy (non-hydrogen) atoms. The van der Waals surface area contributed by atoms with E-state index in [-0.39, 0.29) is 13.2 Å². The number of imidazole rings is 1. The zero-order valence-electron chi connectivity index (χ0n) is 18.6. The lowest BCUT2D eigenvalue weighted by Crippen LogP contribution is -2.46. The number of carbonyl (C=O) groups is 3. The average Bonchev–Trinajstić information content (AvgIpc) is 3.32. The predicted octanol–water partition coefficient (Wildman–Crippen LogP) is 2.81. The lowest BCUT2D eigenvalue weighted by Gasteiger charge is -2.09. The second-order valence-corrected chi connectivity index (χ2v) is 8.39. The number of benzene rings is 3. The van der Waals surface area contributed by atoms with Crippen LogP contribution in [0.15, 0.2) is 84.0 Å². The molecule has 0 atom stereocenters. The minimum atomic E-state index is -0.565. The molecule has 0 radical (unpaired) electrons. The maximum atomic E-state index is 12.3. The van der Waals surface area contributed by atoms with Gasteiger partial charge in [-0.2, -0.15) is 0 Å². The first-order chi connectivity index (χ1) is 17.1. The summed E-state index contributed by atoms with van der Waals surface area (Å²) in [7, 11) is 0. The molecule has 0 saturated heterocycles. The van der Waals surface area contributed by atoms with Crippen molar-refractivity contribution in [2.45, 2.75) is 10.9 Å². The van der Waals surface area contributed by atoms with Crippen LogP contribution in [0.5, 0.6) is 5.75 Å². The van der Waals surface area contributed by atoms with Gasteiger partial charge in [-0.3, -0.25) is 25.2 Å². The Bertz CT molecular complexity index is 1280. The van der Waals surface area contributed by atoms with Crippen LogP contribution in [-0.2, 0) is 15.3 Å². The van der Waals surface area contributed by atoms with Gasteiger partial charge in [0.2, 0.25) is 0 Å². The van der Waals surface area contributed by atoms with Crippen molar-refractivity contribution in [1.29, 1.82) is 0 Å². The fourth-order valence-corrected chi connectivity index (χ4v) is 3.88. The van der Waals surface area contributed by atoms with E-state index in [1.165, 1.54) is 0 Å². The van der Waals surface area contributed by atoms with Crippen LogP contribution in [0.25, 0.3) is 11.0 Å². The Morgan fingerprint density at radius 2 is 1.60 bits per heavy atom. The number of hydrazine groups is 1. The zero-order chi connectivity index (χ0) is 24.5. The molecule has 0 aliphatic carbocycles. The number of para-hydroxylation sites is 3. The summed E-state index contributed by atoms with van der Waals surface area (Å²) in [5.41, 5.74) is 7.93. The number of aromatic nitrogens is 2. The van der Waals surface area contributed by atoms with E-state index in [0.29, 0.717) is 17.1 Å². The summed E-state index contributed by atoms with van der Waals surface area (Å²) in [6, 6.07) is 23.8. The summed E-state index contributed by atoms with van der Waals surface area (Å²) in [6.45, 7) is -0.514. The molecule has 0 unspecified atom stereocenters. The van der Waals surface area contributed by atoms with Crippen LogP contribution < -0.4 is 20.9 Å². The highest BCUT2D eigenvalue weighted by molar-refractivity contribution is 7.98. The minimum Gasteiger partial charge on any atom is -0.484 e. The Balaban J connectivity index is 1.16. The van der Waals surface area contributed by atoms with Crippen LogP contribution in [0.4, 0.5) is 0 Å². The Kier molecular flexibility index (Phi) is 7.97. The number of carbonyl (C=O) groups excluding carboxylic acids is 3. The first-order valence-corrected chi connectivity index (χ1v) is 11.8. The van der Waals surface area contributed by atoms with E-state index in [9.17, 15) is 14.4 Å². The molecule has 4 aromatic rings. The second-order valence-electron chi connectivity index (χ2n) is 7.43. The van der Waals surface area contributed by atoms with E-state index in [1.54, 1.807) is 48.2 Å². The number of nitrogens with zero attached hydrogens (tertiary/aromatic N) is 1. The Morgan fingerprint density at radius 3 is 2.37 bits per heavy atom. The minimum absolute atomic E-state index is 0.218. The van der Waals surface area contributed by atoms with E-state index in [0.717, 1.165) is 21.8 Å². The second kappa shape index (κ2) is 11.7. The number of fused-ring (bicyclic) bond motifs is 1. The summed E-state index contributed by atoms with van der Waals surface area (Å²) in [4.78, 5) is 43.8. The normalized spacial score (nSPS) is 10.5. The van der Waals surface area contributed by atoms with Crippen molar-refractivity contribution >= 4 is 40.5 Å². The first-order valence-electron chi connectivity index (χ1n) is 10.8. The van der Waals surface area contributed by atoms with Crippen molar-refractivity contribution in [1.82, 2.24) is 26.1 Å². The third-order valence-electron chi connectivity index (χ3n) is 4.83. The maximum Gasteiger partial charge on any atom is 0.269 e. The van der Waals surface area contributed by atoms with Crippen LogP contribution in [0.3, 0.4) is 0 Å². The van der Waals surface area contributed by atoms with Crippen molar-refractivity contribution in [3.8, 4) is 5.75 Å². The molecule has 9 nitrogen and oxygen atoms in total. The van der Waals surface area contributed by atoms with Crippen molar-refractivity contribution in [3.63, 3.8) is 0 Å². The van der Waals surface area contributed by atoms with Crippen LogP contribution >= 0.6 is 11.8 Å². The molecule has 0 aliphatic rings. The number of rotatable bonds is 9. The smallest absolute Gasteiger partial charge is 0.269 e. The quantitative estimate of drug-likeness (QED) is 0.212. The molecule has 4 N–H and O–H groups in total. The predicted molar refractivity (Wildman–Crippen MR) is 133 cm³/mol. The van der Waals surface area contributed by atoms with Crippen LogP contribution in [-0.4, -0.2) is 40.8 Å². The van der Waals surface area contributed by atoms with Gasteiger partial charge in [-0.15, -0.1) is 0 Å². The highest BCUT2D eigenvalue weighted by Gasteiger charge is 2.10. The molecule has 3 amide bonds. The molecule has 0 fully saturated rings. The van der Waals surface area contributed by atoms with Crippen molar-refractivity contribution in [2.24, 2.45) is 0 Å². The van der Waals surface area contributed by atoms with Gasteiger partial charge in [0, 0.05) is 11.3 Å². The van der Waals surface area contributed by atoms with Gasteiger partial charge < -0.3 is 15.0 Å². The summed E-state index contributed by atoms with van der Waals surface area (Å²) in [5, 5.41) is 3.25. The van der Waals surface area contributed by atoms with Gasteiger partial charge in [0.15, 0.2) is 11.8 Å². The van der Waals surface area contributed by atoms with Crippen molar-refractivity contribution in [3.05, 3.63) is 90.0 Å². The number of ether oxygens (including phenoxy) is 1. The number of amides is 3.